The zero-order valence-corrected chi connectivity index (χ0v) is 19.6. The van der Waals surface area contributed by atoms with Gasteiger partial charge in [0, 0.05) is 12.1 Å². The minimum absolute atomic E-state index is 0.127. The molecule has 1 N–H and O–H groups in total. The highest BCUT2D eigenvalue weighted by Crippen LogP contribution is 2.40. The number of benzene rings is 2. The fourth-order valence-electron chi connectivity index (χ4n) is 3.91. The minimum atomic E-state index is -0.651. The lowest BCUT2D eigenvalue weighted by atomic mass is 9.93. The summed E-state index contributed by atoms with van der Waals surface area (Å²) in [5, 5.41) is 11.2. The predicted molar refractivity (Wildman–Crippen MR) is 127 cm³/mol. The van der Waals surface area contributed by atoms with E-state index in [0.29, 0.717) is 42.7 Å². The number of rotatable bonds is 8. The molecule has 1 aliphatic rings. The Morgan fingerprint density at radius 1 is 1.06 bits per heavy atom. The summed E-state index contributed by atoms with van der Waals surface area (Å²) < 4.78 is 5.78. The van der Waals surface area contributed by atoms with Crippen molar-refractivity contribution in [2.24, 2.45) is 5.92 Å². The molecule has 0 aromatic heterocycles. The zero-order chi connectivity index (χ0) is 23.4. The van der Waals surface area contributed by atoms with E-state index in [4.69, 9.17) is 4.74 Å². The van der Waals surface area contributed by atoms with Gasteiger partial charge in [-0.25, -0.2) is 0 Å². The average Bonchev–Trinajstić information content (AvgIpc) is 3.02. The topological polar surface area (TPSA) is 66.8 Å². The van der Waals surface area contributed by atoms with Gasteiger partial charge < -0.3 is 14.7 Å². The van der Waals surface area contributed by atoms with E-state index in [1.807, 2.05) is 37.3 Å². The summed E-state index contributed by atoms with van der Waals surface area (Å²) in [6.45, 7) is 11.3. The van der Waals surface area contributed by atoms with Gasteiger partial charge >= 0.3 is 0 Å². The van der Waals surface area contributed by atoms with Crippen molar-refractivity contribution in [1.82, 2.24) is 4.90 Å². The summed E-state index contributed by atoms with van der Waals surface area (Å²) in [5.41, 5.74) is 2.58. The van der Waals surface area contributed by atoms with Crippen LogP contribution >= 0.6 is 0 Å². The highest BCUT2D eigenvalue weighted by Gasteiger charge is 2.45. The molecule has 1 heterocycles. The molecule has 0 saturated carbocycles. The number of nitrogens with zero attached hydrogens (tertiary/aromatic N) is 1. The average molecular weight is 436 g/mol. The van der Waals surface area contributed by atoms with E-state index in [1.165, 1.54) is 5.56 Å². The third kappa shape index (κ3) is 4.87. The van der Waals surface area contributed by atoms with Crippen LogP contribution in [0, 0.1) is 5.92 Å². The molecular weight excluding hydrogens is 402 g/mol. The number of ketones is 1. The van der Waals surface area contributed by atoms with Crippen LogP contribution in [-0.2, 0) is 9.59 Å². The van der Waals surface area contributed by atoms with Gasteiger partial charge in [0.05, 0.1) is 18.2 Å². The maximum atomic E-state index is 13.0. The number of Topliss-reactive ketones (excluding diaryl/α,β-unsaturated/α-hetero) is 1. The number of ether oxygens (including phenoxy) is 1. The molecule has 1 aliphatic heterocycles. The lowest BCUT2D eigenvalue weighted by molar-refractivity contribution is -0.139. The molecule has 2 aromatic carbocycles. The third-order valence-electron chi connectivity index (χ3n) is 5.61. The van der Waals surface area contributed by atoms with Crippen LogP contribution in [-0.4, -0.2) is 34.8 Å². The summed E-state index contributed by atoms with van der Waals surface area (Å²) in [4.78, 5) is 27.4. The molecule has 5 nitrogen and oxygen atoms in total. The van der Waals surface area contributed by atoms with Crippen LogP contribution in [0.15, 0.2) is 54.1 Å². The largest absolute Gasteiger partial charge is 0.507 e. The van der Waals surface area contributed by atoms with Gasteiger partial charge in [-0.3, -0.25) is 9.59 Å². The maximum Gasteiger partial charge on any atom is 0.295 e. The van der Waals surface area contributed by atoms with Gasteiger partial charge in [-0.2, -0.15) is 0 Å². The first-order valence-corrected chi connectivity index (χ1v) is 11.4. The van der Waals surface area contributed by atoms with E-state index in [0.717, 1.165) is 5.56 Å². The minimum Gasteiger partial charge on any atom is -0.507 e. The van der Waals surface area contributed by atoms with Gasteiger partial charge in [-0.1, -0.05) is 71.0 Å². The van der Waals surface area contributed by atoms with E-state index < -0.39 is 17.7 Å². The Hall–Kier alpha value is -3.08. The Balaban J connectivity index is 2.08. The van der Waals surface area contributed by atoms with Crippen LogP contribution in [0.2, 0.25) is 0 Å². The van der Waals surface area contributed by atoms with Crippen LogP contribution in [0.1, 0.15) is 69.7 Å². The Kier molecular flexibility index (Phi) is 7.39. The van der Waals surface area contributed by atoms with Crippen molar-refractivity contribution < 1.29 is 19.4 Å². The van der Waals surface area contributed by atoms with Crippen LogP contribution in [0.5, 0.6) is 5.75 Å². The van der Waals surface area contributed by atoms with Crippen LogP contribution < -0.4 is 4.74 Å². The molecule has 2 aromatic rings. The second-order valence-corrected chi connectivity index (χ2v) is 9.05. The number of amides is 1. The van der Waals surface area contributed by atoms with Crippen molar-refractivity contribution in [3.8, 4) is 5.75 Å². The van der Waals surface area contributed by atoms with Crippen LogP contribution in [0.3, 0.4) is 0 Å². The Morgan fingerprint density at radius 2 is 1.75 bits per heavy atom. The molecule has 5 heteroatoms. The molecule has 0 spiro atoms. The number of hydrogen-bond acceptors (Lipinski definition) is 4. The zero-order valence-electron chi connectivity index (χ0n) is 19.6. The number of aliphatic hydroxyl groups excluding tert-OH is 1. The van der Waals surface area contributed by atoms with Gasteiger partial charge in [0.25, 0.3) is 11.7 Å². The lowest BCUT2D eigenvalue weighted by Crippen LogP contribution is -2.30. The van der Waals surface area contributed by atoms with Crippen molar-refractivity contribution >= 4 is 17.4 Å². The van der Waals surface area contributed by atoms with E-state index in [2.05, 4.69) is 27.7 Å². The Morgan fingerprint density at radius 3 is 2.34 bits per heavy atom. The van der Waals surface area contributed by atoms with Gasteiger partial charge in [0.1, 0.15) is 11.5 Å². The molecular formula is C27H33NO4. The normalized spacial score (nSPS) is 18.1. The predicted octanol–water partition coefficient (Wildman–Crippen LogP) is 5.68. The van der Waals surface area contributed by atoms with Crippen molar-refractivity contribution in [1.29, 1.82) is 0 Å². The fourth-order valence-corrected chi connectivity index (χ4v) is 3.91. The number of carbonyl (C=O) groups excluding carboxylic acids is 2. The molecule has 1 saturated heterocycles. The molecule has 1 unspecified atom stereocenters. The quantitative estimate of drug-likeness (QED) is 0.329. The molecule has 0 aliphatic carbocycles. The SMILES string of the molecule is CCCN1C(=O)C(=O)/C(=C(\O)c2cccc(OCC(C)C)c2)C1c1ccc(C(C)C)cc1. The van der Waals surface area contributed by atoms with Crippen molar-refractivity contribution in [2.75, 3.05) is 13.2 Å². The molecule has 0 bridgehead atoms. The van der Waals surface area contributed by atoms with Gasteiger partial charge in [-0.15, -0.1) is 0 Å². The lowest BCUT2D eigenvalue weighted by Gasteiger charge is -2.25. The van der Waals surface area contributed by atoms with Gasteiger partial charge in [0.15, 0.2) is 0 Å². The second-order valence-electron chi connectivity index (χ2n) is 9.05. The van der Waals surface area contributed by atoms with E-state index in [1.54, 1.807) is 23.1 Å². The van der Waals surface area contributed by atoms with Crippen molar-refractivity contribution in [3.63, 3.8) is 0 Å². The summed E-state index contributed by atoms with van der Waals surface area (Å²) in [5.74, 6) is -0.0424. The smallest absolute Gasteiger partial charge is 0.295 e. The summed E-state index contributed by atoms with van der Waals surface area (Å²) in [7, 11) is 0. The molecule has 1 amide bonds. The fraction of sp³-hybridized carbons (Fsp3) is 0.407. The Bertz CT molecular complexity index is 1000. The molecule has 170 valence electrons. The number of carbonyl (C=O) groups is 2. The molecule has 1 atom stereocenters. The monoisotopic (exact) mass is 435 g/mol. The highest BCUT2D eigenvalue weighted by atomic mass is 16.5. The number of aliphatic hydroxyl groups is 1. The van der Waals surface area contributed by atoms with E-state index in [9.17, 15) is 14.7 Å². The van der Waals surface area contributed by atoms with Crippen molar-refractivity contribution in [2.45, 2.75) is 53.0 Å². The second kappa shape index (κ2) is 10.0. The summed E-state index contributed by atoms with van der Waals surface area (Å²) in [6.07, 6.45) is 0.714. The van der Waals surface area contributed by atoms with E-state index in [-0.39, 0.29) is 11.3 Å². The summed E-state index contributed by atoms with van der Waals surface area (Å²) >= 11 is 0. The Labute approximate surface area is 190 Å². The maximum absolute atomic E-state index is 13.0. The molecule has 0 radical (unpaired) electrons. The van der Waals surface area contributed by atoms with Crippen LogP contribution in [0.25, 0.3) is 5.76 Å². The van der Waals surface area contributed by atoms with Crippen LogP contribution in [0.4, 0.5) is 0 Å². The van der Waals surface area contributed by atoms with Gasteiger partial charge in [-0.05, 0) is 41.5 Å². The first-order chi connectivity index (χ1) is 15.2. The standard InChI is InChI=1S/C27H33NO4/c1-6-14-28-24(20-12-10-19(11-13-20)18(4)5)23(26(30)27(28)31)25(29)21-8-7-9-22(15-21)32-16-17(2)3/h7-13,15,17-18,24,29H,6,14,16H2,1-5H3/b25-23-. The third-order valence-corrected chi connectivity index (χ3v) is 5.61. The molecule has 1 fully saturated rings. The molecule has 32 heavy (non-hydrogen) atoms. The first-order valence-electron chi connectivity index (χ1n) is 11.4. The number of likely N-dealkylation sites (tertiary alicyclic amines) is 1. The van der Waals surface area contributed by atoms with E-state index >= 15 is 0 Å². The summed E-state index contributed by atoms with van der Waals surface area (Å²) in [6, 6.07) is 14.4. The van der Waals surface area contributed by atoms with Gasteiger partial charge in [0.2, 0.25) is 0 Å². The molecule has 3 rings (SSSR count). The highest BCUT2D eigenvalue weighted by molar-refractivity contribution is 6.46. The van der Waals surface area contributed by atoms with Crippen molar-refractivity contribution in [3.05, 3.63) is 70.8 Å². The number of hydrogen-bond donors (Lipinski definition) is 1. The first kappa shape index (κ1) is 23.6.